The van der Waals surface area contributed by atoms with Crippen LogP contribution in [0.1, 0.15) is 9.67 Å². The van der Waals surface area contributed by atoms with Crippen LogP contribution in [-0.2, 0) is 0 Å². The van der Waals surface area contributed by atoms with Gasteiger partial charge in [0.2, 0.25) is 0 Å². The highest BCUT2D eigenvalue weighted by Crippen LogP contribution is 2.76. The van der Waals surface area contributed by atoms with Crippen molar-refractivity contribution in [1.29, 1.82) is 0 Å². The first-order chi connectivity index (χ1) is 9.92. The van der Waals surface area contributed by atoms with Crippen LogP contribution in [-0.4, -0.2) is 17.1 Å². The predicted molar refractivity (Wildman–Crippen MR) is 81.0 cm³/mol. The average molecular weight is 323 g/mol. The molecule has 21 heavy (non-hydrogen) atoms. The number of benzene rings is 1. The molecule has 3 N–H and O–H groups in total. The quantitative estimate of drug-likeness (QED) is 0.667. The lowest BCUT2D eigenvalue weighted by Crippen LogP contribution is -2.17. The number of nitro groups is 1. The van der Waals surface area contributed by atoms with Gasteiger partial charge in [-0.15, -0.1) is 11.3 Å². The Balaban J connectivity index is 2.02. The Hall–Kier alpha value is -2.26. The Bertz CT molecular complexity index is 816. The lowest BCUT2D eigenvalue weighted by atomic mass is 10.0. The van der Waals surface area contributed by atoms with Crippen LogP contribution in [0.5, 0.6) is 5.75 Å². The molecule has 0 fully saturated rings. The van der Waals surface area contributed by atoms with Gasteiger partial charge >= 0.3 is 0 Å². The molecular weight excluding hydrogens is 314 g/mol. The minimum absolute atomic E-state index is 0.0979. The van der Waals surface area contributed by atoms with E-state index in [2.05, 4.69) is 4.72 Å². The van der Waals surface area contributed by atoms with Gasteiger partial charge in [0.05, 0.1) is 26.4 Å². The lowest BCUT2D eigenvalue weighted by Gasteiger charge is -2.38. The SMILES string of the molecule is CS12Nc3ccc(-c4c([N+](=O)[O-])csc4C(N)=O)c1c3O2. The summed E-state index contributed by atoms with van der Waals surface area (Å²) in [4.78, 5) is 23.5. The molecule has 108 valence electrons. The Morgan fingerprint density at radius 3 is 2.95 bits per heavy atom. The van der Waals surface area contributed by atoms with E-state index in [1.807, 2.05) is 12.3 Å². The van der Waals surface area contributed by atoms with E-state index >= 15 is 0 Å². The molecular formula is C12H9N3O4S2. The molecule has 5 rings (SSSR count). The van der Waals surface area contributed by atoms with Crippen molar-refractivity contribution in [1.82, 2.24) is 0 Å². The molecule has 0 spiro atoms. The number of hydrogen-bond acceptors (Lipinski definition) is 6. The first-order valence-electron chi connectivity index (χ1n) is 5.91. The molecule has 3 aliphatic rings. The van der Waals surface area contributed by atoms with Gasteiger partial charge < -0.3 is 14.6 Å². The fourth-order valence-corrected chi connectivity index (χ4v) is 5.86. The number of hydrogen-bond donors (Lipinski definition) is 2. The van der Waals surface area contributed by atoms with Crippen molar-refractivity contribution >= 4 is 39.1 Å². The van der Waals surface area contributed by atoms with Gasteiger partial charge in [0.15, 0.2) is 5.75 Å². The largest absolute Gasteiger partial charge is 0.423 e. The zero-order valence-electron chi connectivity index (χ0n) is 10.7. The molecule has 4 bridgehead atoms. The van der Waals surface area contributed by atoms with Crippen molar-refractivity contribution in [3.05, 3.63) is 32.5 Å². The summed E-state index contributed by atoms with van der Waals surface area (Å²) in [7, 11) is -1.62. The third kappa shape index (κ3) is 1.41. The Labute approximate surface area is 124 Å². The minimum atomic E-state index is -1.62. The van der Waals surface area contributed by atoms with Crippen molar-refractivity contribution in [2.24, 2.45) is 5.73 Å². The standard InChI is InChI=1S/C12H9N3O4S2/c1-21-11-5(2-3-6(14-21)9(11)19-21)8-7(15(17)18)4-20-10(8)12(13)16/h2-4,14H,1H3,(H2,13,16). The van der Waals surface area contributed by atoms with Crippen LogP contribution in [0.25, 0.3) is 11.1 Å². The summed E-state index contributed by atoms with van der Waals surface area (Å²) in [6.45, 7) is 0. The molecule has 1 unspecified atom stereocenters. The monoisotopic (exact) mass is 323 g/mol. The third-order valence-electron chi connectivity index (χ3n) is 3.52. The normalized spacial score (nSPS) is 23.5. The van der Waals surface area contributed by atoms with Crippen molar-refractivity contribution in [3.63, 3.8) is 0 Å². The molecule has 1 atom stereocenters. The molecule has 2 aromatic rings. The van der Waals surface area contributed by atoms with Gasteiger partial charge in [-0.05, 0) is 6.07 Å². The number of primary amides is 1. The minimum Gasteiger partial charge on any atom is -0.423 e. The van der Waals surface area contributed by atoms with Gasteiger partial charge in [0.25, 0.3) is 11.6 Å². The second-order valence-electron chi connectivity index (χ2n) is 4.79. The number of rotatable bonds is 3. The third-order valence-corrected chi connectivity index (χ3v) is 6.79. The Kier molecular flexibility index (Phi) is 2.19. The molecule has 0 aliphatic carbocycles. The number of carbonyl (C=O) groups is 1. The summed E-state index contributed by atoms with van der Waals surface area (Å²) in [6, 6.07) is 3.59. The summed E-state index contributed by atoms with van der Waals surface area (Å²) >= 11 is 0.995. The van der Waals surface area contributed by atoms with Crippen LogP contribution >= 0.6 is 21.8 Å². The van der Waals surface area contributed by atoms with E-state index in [4.69, 9.17) is 9.92 Å². The highest BCUT2D eigenvalue weighted by Gasteiger charge is 2.49. The summed E-state index contributed by atoms with van der Waals surface area (Å²) in [6.07, 6.45) is 1.92. The summed E-state index contributed by atoms with van der Waals surface area (Å²) in [5, 5.41) is 12.6. The average Bonchev–Trinajstić information content (AvgIpc) is 3.01. The van der Waals surface area contributed by atoms with Crippen LogP contribution in [0, 0.1) is 10.1 Å². The Morgan fingerprint density at radius 2 is 2.29 bits per heavy atom. The maximum Gasteiger partial charge on any atom is 0.288 e. The molecule has 0 saturated carbocycles. The first kappa shape index (κ1) is 12.5. The molecule has 4 heterocycles. The number of nitrogens with zero attached hydrogens (tertiary/aromatic N) is 1. The van der Waals surface area contributed by atoms with Gasteiger partial charge in [-0.25, -0.2) is 0 Å². The second kappa shape index (κ2) is 3.68. The second-order valence-corrected chi connectivity index (χ2v) is 8.14. The lowest BCUT2D eigenvalue weighted by molar-refractivity contribution is -0.383. The van der Waals surface area contributed by atoms with Gasteiger partial charge in [-0.2, -0.15) is 0 Å². The topological polar surface area (TPSA) is 107 Å². The molecule has 9 heteroatoms. The summed E-state index contributed by atoms with van der Waals surface area (Å²) in [5.41, 5.74) is 7.11. The van der Waals surface area contributed by atoms with E-state index in [0.29, 0.717) is 11.1 Å². The molecule has 1 amide bonds. The molecule has 1 aromatic heterocycles. The van der Waals surface area contributed by atoms with E-state index in [-0.39, 0.29) is 10.6 Å². The van der Waals surface area contributed by atoms with Crippen LogP contribution in [0.4, 0.5) is 11.4 Å². The summed E-state index contributed by atoms with van der Waals surface area (Å²) < 4.78 is 8.96. The molecule has 3 aliphatic heterocycles. The van der Waals surface area contributed by atoms with Crippen LogP contribution in [0.15, 0.2) is 22.4 Å². The van der Waals surface area contributed by atoms with E-state index in [9.17, 15) is 14.9 Å². The first-order valence-corrected chi connectivity index (χ1v) is 8.75. The number of anilines is 1. The van der Waals surface area contributed by atoms with Gasteiger partial charge in [0.1, 0.15) is 4.88 Å². The zero-order valence-corrected chi connectivity index (χ0v) is 12.3. The molecule has 0 radical (unpaired) electrons. The van der Waals surface area contributed by atoms with Gasteiger partial charge in [-0.1, -0.05) is 6.07 Å². The van der Waals surface area contributed by atoms with Gasteiger partial charge in [-0.3, -0.25) is 14.9 Å². The molecule has 0 saturated heterocycles. The van der Waals surface area contributed by atoms with E-state index < -0.39 is 21.3 Å². The van der Waals surface area contributed by atoms with E-state index in [0.717, 1.165) is 27.7 Å². The Morgan fingerprint density at radius 1 is 1.52 bits per heavy atom. The maximum atomic E-state index is 11.6. The van der Waals surface area contributed by atoms with Gasteiger partial charge in [0, 0.05) is 22.3 Å². The van der Waals surface area contributed by atoms with Crippen LogP contribution in [0.2, 0.25) is 0 Å². The fourth-order valence-electron chi connectivity index (χ4n) is 2.69. The van der Waals surface area contributed by atoms with E-state index in [1.54, 1.807) is 6.07 Å². The number of amides is 1. The predicted octanol–water partition coefficient (Wildman–Crippen LogP) is 2.86. The number of carbonyl (C=O) groups excluding carboxylic acids is 1. The molecule has 7 nitrogen and oxygen atoms in total. The van der Waals surface area contributed by atoms with E-state index in [1.165, 1.54) is 5.38 Å². The van der Waals surface area contributed by atoms with Crippen molar-refractivity contribution < 1.29 is 13.9 Å². The summed E-state index contributed by atoms with van der Waals surface area (Å²) in [5.74, 6) is 0.0611. The van der Waals surface area contributed by atoms with Crippen molar-refractivity contribution in [3.8, 4) is 16.9 Å². The highest BCUT2D eigenvalue weighted by molar-refractivity contribution is 8.32. The van der Waals surface area contributed by atoms with Crippen LogP contribution < -0.4 is 14.6 Å². The maximum absolute atomic E-state index is 11.6. The zero-order chi connectivity index (χ0) is 14.9. The van der Waals surface area contributed by atoms with Crippen LogP contribution in [0.3, 0.4) is 0 Å². The number of thiophene rings is 1. The van der Waals surface area contributed by atoms with Crippen molar-refractivity contribution in [2.45, 2.75) is 4.90 Å². The number of nitrogens with one attached hydrogen (secondary N) is 1. The fraction of sp³-hybridized carbons (Fsp3) is 0.0833. The highest BCUT2D eigenvalue weighted by atomic mass is 32.3. The molecule has 1 aromatic carbocycles. The number of nitrogens with two attached hydrogens (primary N) is 1. The van der Waals surface area contributed by atoms with Crippen molar-refractivity contribution in [2.75, 3.05) is 11.0 Å². The smallest absolute Gasteiger partial charge is 0.288 e.